The Morgan fingerprint density at radius 2 is 1.75 bits per heavy atom. The van der Waals surface area contributed by atoms with Crippen LogP contribution in [0.2, 0.25) is 0 Å². The summed E-state index contributed by atoms with van der Waals surface area (Å²) in [5.74, 6) is 2.30. The molecule has 0 amide bonds. The highest BCUT2D eigenvalue weighted by atomic mass is 16.3. The fourth-order valence-electron chi connectivity index (χ4n) is 5.22. The van der Waals surface area contributed by atoms with Crippen LogP contribution in [0, 0.1) is 5.92 Å². The molecule has 3 heterocycles. The van der Waals surface area contributed by atoms with Crippen molar-refractivity contribution in [1.82, 2.24) is 24.7 Å². The minimum absolute atomic E-state index is 0.191. The molecular weight excluding hydrogens is 400 g/mol. The molecule has 1 unspecified atom stereocenters. The van der Waals surface area contributed by atoms with Crippen molar-refractivity contribution in [2.24, 2.45) is 13.0 Å². The van der Waals surface area contributed by atoms with Crippen LogP contribution in [-0.4, -0.2) is 42.9 Å². The van der Waals surface area contributed by atoms with E-state index in [0.29, 0.717) is 11.9 Å². The van der Waals surface area contributed by atoms with E-state index in [1.807, 2.05) is 17.8 Å². The van der Waals surface area contributed by atoms with Crippen molar-refractivity contribution in [3.05, 3.63) is 54.2 Å². The Bertz CT molecular complexity index is 1020. The smallest absolute Gasteiger partial charge is 0.245 e. The van der Waals surface area contributed by atoms with Crippen LogP contribution in [-0.2, 0) is 7.05 Å². The molecule has 7 nitrogen and oxygen atoms in total. The van der Waals surface area contributed by atoms with Crippen molar-refractivity contribution >= 4 is 5.95 Å². The number of aliphatic hydroxyl groups excluding tert-OH is 1. The summed E-state index contributed by atoms with van der Waals surface area (Å²) in [7, 11) is 1.92. The highest BCUT2D eigenvalue weighted by Gasteiger charge is 2.29. The van der Waals surface area contributed by atoms with Crippen LogP contribution >= 0.6 is 0 Å². The van der Waals surface area contributed by atoms with E-state index in [1.165, 1.54) is 37.7 Å². The Labute approximate surface area is 189 Å². The normalized spacial score (nSPS) is 19.2. The third kappa shape index (κ3) is 4.39. The van der Waals surface area contributed by atoms with E-state index in [0.717, 1.165) is 43.0 Å². The summed E-state index contributed by atoms with van der Waals surface area (Å²) in [6.07, 6.45) is 13.3. The molecule has 1 aromatic carbocycles. The first-order valence-corrected chi connectivity index (χ1v) is 11.9. The third-order valence-electron chi connectivity index (χ3n) is 7.22. The summed E-state index contributed by atoms with van der Waals surface area (Å²) < 4.78 is 1.90. The van der Waals surface area contributed by atoms with Crippen LogP contribution < -0.4 is 4.90 Å². The van der Waals surface area contributed by atoms with Crippen molar-refractivity contribution in [1.29, 1.82) is 0 Å². The average molecular weight is 433 g/mol. The lowest BCUT2D eigenvalue weighted by atomic mass is 9.84. The minimum Gasteiger partial charge on any atom is -0.385 e. The molecule has 5 rings (SSSR count). The Morgan fingerprint density at radius 3 is 2.44 bits per heavy atom. The molecule has 32 heavy (non-hydrogen) atoms. The lowest BCUT2D eigenvalue weighted by Crippen LogP contribution is -2.37. The van der Waals surface area contributed by atoms with Crippen LogP contribution in [0.4, 0.5) is 5.95 Å². The Morgan fingerprint density at radius 1 is 1.00 bits per heavy atom. The highest BCUT2D eigenvalue weighted by molar-refractivity contribution is 5.59. The van der Waals surface area contributed by atoms with Gasteiger partial charge in [0.1, 0.15) is 11.9 Å². The molecule has 1 saturated carbocycles. The zero-order valence-electron chi connectivity index (χ0n) is 18.8. The van der Waals surface area contributed by atoms with Gasteiger partial charge in [-0.1, -0.05) is 43.5 Å². The van der Waals surface area contributed by atoms with E-state index in [2.05, 4.69) is 44.3 Å². The van der Waals surface area contributed by atoms with Crippen molar-refractivity contribution in [3.8, 4) is 11.3 Å². The molecule has 1 atom stereocenters. The summed E-state index contributed by atoms with van der Waals surface area (Å²) in [5.41, 5.74) is 3.39. The Hall–Kier alpha value is -2.80. The van der Waals surface area contributed by atoms with Gasteiger partial charge in [0.25, 0.3) is 0 Å². The van der Waals surface area contributed by atoms with E-state index < -0.39 is 6.10 Å². The number of anilines is 1. The first-order chi connectivity index (χ1) is 15.7. The molecule has 168 valence electrons. The molecular formula is C25H32N6O. The second kappa shape index (κ2) is 9.36. The highest BCUT2D eigenvalue weighted by Crippen LogP contribution is 2.34. The first kappa shape index (κ1) is 21.1. The van der Waals surface area contributed by atoms with Crippen molar-refractivity contribution in [2.45, 2.75) is 57.0 Å². The number of imidazole rings is 1. The Balaban J connectivity index is 1.24. The largest absolute Gasteiger partial charge is 0.385 e. The fourth-order valence-corrected chi connectivity index (χ4v) is 5.22. The van der Waals surface area contributed by atoms with Gasteiger partial charge in [0.2, 0.25) is 5.95 Å². The van der Waals surface area contributed by atoms with Gasteiger partial charge in [-0.15, -0.1) is 5.10 Å². The van der Waals surface area contributed by atoms with E-state index in [1.54, 1.807) is 12.4 Å². The predicted octanol–water partition coefficient (Wildman–Crippen LogP) is 4.27. The minimum atomic E-state index is -0.537. The van der Waals surface area contributed by atoms with Gasteiger partial charge in [-0.3, -0.25) is 0 Å². The van der Waals surface area contributed by atoms with Crippen LogP contribution in [0.3, 0.4) is 0 Å². The zero-order chi connectivity index (χ0) is 21.9. The maximum absolute atomic E-state index is 10.7. The second-order valence-electron chi connectivity index (χ2n) is 9.26. The van der Waals surface area contributed by atoms with Gasteiger partial charge < -0.3 is 14.6 Å². The van der Waals surface area contributed by atoms with Gasteiger partial charge in [-0.25, -0.2) is 9.97 Å². The van der Waals surface area contributed by atoms with Gasteiger partial charge in [0.05, 0.1) is 11.9 Å². The van der Waals surface area contributed by atoms with Crippen LogP contribution in [0.25, 0.3) is 11.3 Å². The van der Waals surface area contributed by atoms with Crippen molar-refractivity contribution in [2.75, 3.05) is 18.0 Å². The van der Waals surface area contributed by atoms with Gasteiger partial charge in [0, 0.05) is 38.1 Å². The number of hydrogen-bond acceptors (Lipinski definition) is 6. The standard InChI is InChI=1S/C25H32N6O/c1-30-16-13-26-24(30)23(32)21-11-14-31(15-12-21)25-28-22(17-27-29-25)20-9-7-19(8-10-20)18-5-3-2-4-6-18/h7-10,13,16-18,21,23,32H,2-6,11-12,14-15H2,1H3. The van der Waals surface area contributed by atoms with Crippen LogP contribution in [0.5, 0.6) is 0 Å². The summed E-state index contributed by atoms with van der Waals surface area (Å²) in [6, 6.07) is 8.87. The number of rotatable bonds is 5. The van der Waals surface area contributed by atoms with E-state index in [9.17, 15) is 5.11 Å². The zero-order valence-corrected chi connectivity index (χ0v) is 18.8. The topological polar surface area (TPSA) is 80.0 Å². The predicted molar refractivity (Wildman–Crippen MR) is 124 cm³/mol. The number of aliphatic hydroxyl groups is 1. The molecule has 0 bridgehead atoms. The molecule has 2 aromatic heterocycles. The van der Waals surface area contributed by atoms with Crippen LogP contribution in [0.1, 0.15) is 68.4 Å². The quantitative estimate of drug-likeness (QED) is 0.649. The summed E-state index contributed by atoms with van der Waals surface area (Å²) >= 11 is 0. The summed E-state index contributed by atoms with van der Waals surface area (Å²) in [4.78, 5) is 11.3. The fraction of sp³-hybridized carbons (Fsp3) is 0.520. The number of benzene rings is 1. The summed E-state index contributed by atoms with van der Waals surface area (Å²) in [5, 5.41) is 19.3. The van der Waals surface area contributed by atoms with Gasteiger partial charge in [-0.2, -0.15) is 5.10 Å². The number of aryl methyl sites for hydroxylation is 1. The first-order valence-electron chi connectivity index (χ1n) is 11.9. The number of piperidine rings is 1. The third-order valence-corrected chi connectivity index (χ3v) is 7.22. The second-order valence-corrected chi connectivity index (χ2v) is 9.26. The Kier molecular flexibility index (Phi) is 6.17. The molecule has 0 radical (unpaired) electrons. The summed E-state index contributed by atoms with van der Waals surface area (Å²) in [6.45, 7) is 1.61. The van der Waals surface area contributed by atoms with Gasteiger partial charge >= 0.3 is 0 Å². The number of nitrogens with zero attached hydrogens (tertiary/aromatic N) is 6. The SMILES string of the molecule is Cn1ccnc1C(O)C1CCN(c2nncc(-c3ccc(C4CCCCC4)cc3)n2)CC1. The molecule has 7 heteroatoms. The molecule has 1 aliphatic carbocycles. The molecule has 1 N–H and O–H groups in total. The van der Waals surface area contributed by atoms with E-state index in [-0.39, 0.29) is 5.92 Å². The van der Waals surface area contributed by atoms with Crippen molar-refractivity contribution in [3.63, 3.8) is 0 Å². The number of hydrogen-bond donors (Lipinski definition) is 1. The maximum atomic E-state index is 10.7. The molecule has 1 aliphatic heterocycles. The lowest BCUT2D eigenvalue weighted by molar-refractivity contribution is 0.0823. The molecule has 3 aromatic rings. The van der Waals surface area contributed by atoms with E-state index >= 15 is 0 Å². The molecule has 0 spiro atoms. The van der Waals surface area contributed by atoms with E-state index in [4.69, 9.17) is 4.98 Å². The van der Waals surface area contributed by atoms with Gasteiger partial charge in [0.15, 0.2) is 0 Å². The van der Waals surface area contributed by atoms with Gasteiger partial charge in [-0.05, 0) is 43.1 Å². The molecule has 2 aliphatic rings. The maximum Gasteiger partial charge on any atom is 0.245 e. The average Bonchev–Trinajstić information content (AvgIpc) is 3.30. The number of aromatic nitrogens is 5. The van der Waals surface area contributed by atoms with Crippen molar-refractivity contribution < 1.29 is 5.11 Å². The van der Waals surface area contributed by atoms with Crippen LogP contribution in [0.15, 0.2) is 42.9 Å². The molecule has 1 saturated heterocycles. The molecule has 2 fully saturated rings. The monoisotopic (exact) mass is 432 g/mol. The lowest BCUT2D eigenvalue weighted by Gasteiger charge is -2.33.